The lowest BCUT2D eigenvalue weighted by molar-refractivity contribution is -0.129. The molecule has 2 heterocycles. The second-order valence-electron chi connectivity index (χ2n) is 9.11. The largest absolute Gasteiger partial charge is 0.361 e. The molecule has 1 aliphatic rings. The number of unbranched alkanes of at least 4 members (excludes halogenated alkanes) is 3. The van der Waals surface area contributed by atoms with Gasteiger partial charge in [-0.05, 0) is 73.5 Å². The zero-order chi connectivity index (χ0) is 24.6. The fourth-order valence-electron chi connectivity index (χ4n) is 4.62. The highest BCUT2D eigenvalue weighted by Gasteiger charge is 2.25. The first-order valence-electron chi connectivity index (χ1n) is 12.4. The number of carbonyl (C=O) groups is 2. The molecule has 0 fully saturated rings. The first-order valence-corrected chi connectivity index (χ1v) is 12.4. The van der Waals surface area contributed by atoms with Crippen LogP contribution in [-0.2, 0) is 9.59 Å². The molecular formula is C28H34N4O3. The maximum absolute atomic E-state index is 13.6. The average Bonchev–Trinajstić information content (AvgIpc) is 3.36. The number of nitrogens with zero attached hydrogens (tertiary/aromatic N) is 1. The van der Waals surface area contributed by atoms with E-state index in [9.17, 15) is 9.59 Å². The predicted molar refractivity (Wildman–Crippen MR) is 139 cm³/mol. The third kappa shape index (κ3) is 6.18. The Hall–Kier alpha value is -3.42. The van der Waals surface area contributed by atoms with Crippen LogP contribution in [0.1, 0.15) is 45.4 Å². The molecule has 0 spiro atoms. The summed E-state index contributed by atoms with van der Waals surface area (Å²) in [5.41, 5.74) is 6.71. The zero-order valence-electron chi connectivity index (χ0n) is 20.2. The van der Waals surface area contributed by atoms with Gasteiger partial charge in [-0.1, -0.05) is 43.2 Å². The van der Waals surface area contributed by atoms with Crippen LogP contribution in [-0.4, -0.2) is 41.1 Å². The van der Waals surface area contributed by atoms with Gasteiger partial charge >= 0.3 is 0 Å². The van der Waals surface area contributed by atoms with Crippen molar-refractivity contribution < 1.29 is 14.8 Å². The molecule has 1 aromatic heterocycles. The van der Waals surface area contributed by atoms with Crippen molar-refractivity contribution in [2.24, 2.45) is 0 Å². The van der Waals surface area contributed by atoms with Gasteiger partial charge in [-0.2, -0.15) is 0 Å². The topological polar surface area (TPSA) is 97.5 Å². The number of carbonyl (C=O) groups excluding carboxylic acids is 2. The summed E-state index contributed by atoms with van der Waals surface area (Å²) >= 11 is 0. The number of hydrogen-bond donors (Lipinski definition) is 4. The minimum atomic E-state index is -0.358. The normalized spacial score (nSPS) is 15.6. The third-order valence-corrected chi connectivity index (χ3v) is 6.65. The zero-order valence-corrected chi connectivity index (χ0v) is 20.2. The smallest absolute Gasteiger partial charge is 0.255 e. The van der Waals surface area contributed by atoms with E-state index in [1.54, 1.807) is 5.48 Å². The lowest BCUT2D eigenvalue weighted by atomic mass is 10.0. The molecule has 1 aliphatic heterocycles. The molecule has 0 saturated carbocycles. The summed E-state index contributed by atoms with van der Waals surface area (Å²) in [6, 6.07) is 16.7. The summed E-state index contributed by atoms with van der Waals surface area (Å²) in [5.74, 6) is -0.312. The SMILES string of the molecule is CC1NCCC=C1C(=O)N(CCCCCCC(=O)NO)c1ccc(-c2ccc3cc[nH]c3c2)cc1. The van der Waals surface area contributed by atoms with Crippen molar-refractivity contribution in [2.45, 2.75) is 51.5 Å². The molecule has 2 amide bonds. The minimum absolute atomic E-state index is 0.0301. The first-order chi connectivity index (χ1) is 17.1. The molecule has 0 saturated heterocycles. The van der Waals surface area contributed by atoms with Crippen molar-refractivity contribution in [1.82, 2.24) is 15.8 Å². The Kier molecular flexibility index (Phi) is 8.34. The Bertz CT molecular complexity index is 1180. The molecule has 7 heteroatoms. The summed E-state index contributed by atoms with van der Waals surface area (Å²) in [5, 5.41) is 13.2. The van der Waals surface area contributed by atoms with Crippen LogP contribution in [0.2, 0.25) is 0 Å². The monoisotopic (exact) mass is 474 g/mol. The van der Waals surface area contributed by atoms with Crippen LogP contribution in [0, 0.1) is 0 Å². The Morgan fingerprint density at radius 2 is 1.80 bits per heavy atom. The maximum Gasteiger partial charge on any atom is 0.255 e. The summed E-state index contributed by atoms with van der Waals surface area (Å²) in [4.78, 5) is 29.9. The van der Waals surface area contributed by atoms with Gasteiger partial charge in [0, 0.05) is 42.0 Å². The molecule has 1 unspecified atom stereocenters. The number of benzene rings is 2. The van der Waals surface area contributed by atoms with E-state index in [1.165, 1.54) is 5.39 Å². The second kappa shape index (κ2) is 11.8. The standard InChI is InChI=1S/C28H34N4O3/c1-20-25(7-6-16-29-20)28(34)32(18-5-3-2-4-8-27(33)31-35)24-13-11-21(12-14-24)23-10-9-22-15-17-30-26(22)19-23/h7,9-15,17,19-20,29-30,35H,2-6,8,16,18H2,1H3,(H,31,33). The molecule has 4 rings (SSSR count). The second-order valence-corrected chi connectivity index (χ2v) is 9.11. The number of hydroxylamine groups is 1. The van der Waals surface area contributed by atoms with Crippen molar-refractivity contribution in [2.75, 3.05) is 18.0 Å². The van der Waals surface area contributed by atoms with Gasteiger partial charge < -0.3 is 15.2 Å². The molecular weight excluding hydrogens is 440 g/mol. The van der Waals surface area contributed by atoms with Crippen molar-refractivity contribution in [3.63, 3.8) is 0 Å². The quantitative estimate of drug-likeness (QED) is 0.190. The van der Waals surface area contributed by atoms with Gasteiger partial charge in [0.2, 0.25) is 5.91 Å². The summed E-state index contributed by atoms with van der Waals surface area (Å²) in [6.45, 7) is 3.54. The van der Waals surface area contributed by atoms with E-state index in [1.807, 2.05) is 30.2 Å². The van der Waals surface area contributed by atoms with Crippen LogP contribution in [0.3, 0.4) is 0 Å². The fourth-order valence-corrected chi connectivity index (χ4v) is 4.62. The number of rotatable bonds is 10. The van der Waals surface area contributed by atoms with Crippen LogP contribution in [0.5, 0.6) is 0 Å². The van der Waals surface area contributed by atoms with Crippen molar-refractivity contribution >= 4 is 28.4 Å². The van der Waals surface area contributed by atoms with Gasteiger partial charge in [-0.3, -0.25) is 14.8 Å². The Balaban J connectivity index is 1.47. The highest BCUT2D eigenvalue weighted by Crippen LogP contribution is 2.27. The predicted octanol–water partition coefficient (Wildman–Crippen LogP) is 4.93. The van der Waals surface area contributed by atoms with Crippen LogP contribution in [0.25, 0.3) is 22.0 Å². The summed E-state index contributed by atoms with van der Waals surface area (Å²) in [7, 11) is 0. The molecule has 4 N–H and O–H groups in total. The summed E-state index contributed by atoms with van der Waals surface area (Å²) < 4.78 is 0. The number of aromatic nitrogens is 1. The Morgan fingerprint density at radius 3 is 2.57 bits per heavy atom. The molecule has 184 valence electrons. The van der Waals surface area contributed by atoms with Crippen molar-refractivity contribution in [3.05, 3.63) is 66.4 Å². The average molecular weight is 475 g/mol. The van der Waals surface area contributed by atoms with Gasteiger partial charge in [0.25, 0.3) is 5.91 Å². The van der Waals surface area contributed by atoms with E-state index >= 15 is 0 Å². The third-order valence-electron chi connectivity index (χ3n) is 6.65. The molecule has 3 aromatic rings. The highest BCUT2D eigenvalue weighted by molar-refractivity contribution is 6.06. The molecule has 35 heavy (non-hydrogen) atoms. The van der Waals surface area contributed by atoms with E-state index in [4.69, 9.17) is 5.21 Å². The number of amides is 2. The number of hydrogen-bond acceptors (Lipinski definition) is 4. The lowest BCUT2D eigenvalue weighted by Gasteiger charge is -2.29. The molecule has 1 atom stereocenters. The van der Waals surface area contributed by atoms with Crippen LogP contribution >= 0.6 is 0 Å². The van der Waals surface area contributed by atoms with E-state index in [0.29, 0.717) is 19.4 Å². The van der Waals surface area contributed by atoms with E-state index in [-0.39, 0.29) is 17.9 Å². The first kappa shape index (κ1) is 24.7. The minimum Gasteiger partial charge on any atom is -0.361 e. The van der Waals surface area contributed by atoms with Gasteiger partial charge in [0.15, 0.2) is 0 Å². The van der Waals surface area contributed by atoms with Gasteiger partial charge in [-0.25, -0.2) is 5.48 Å². The number of H-pyrrole nitrogens is 1. The molecule has 0 radical (unpaired) electrons. The molecule has 2 aromatic carbocycles. The van der Waals surface area contributed by atoms with E-state index < -0.39 is 0 Å². The molecule has 7 nitrogen and oxygen atoms in total. The number of nitrogens with one attached hydrogen (secondary N) is 3. The highest BCUT2D eigenvalue weighted by atomic mass is 16.5. The van der Waals surface area contributed by atoms with E-state index in [0.717, 1.165) is 60.1 Å². The van der Waals surface area contributed by atoms with Crippen molar-refractivity contribution in [3.8, 4) is 11.1 Å². The molecule has 0 aliphatic carbocycles. The summed E-state index contributed by atoms with van der Waals surface area (Å²) in [6.07, 6.45) is 8.50. The maximum atomic E-state index is 13.6. The number of fused-ring (bicyclic) bond motifs is 1. The van der Waals surface area contributed by atoms with Crippen LogP contribution in [0.4, 0.5) is 5.69 Å². The van der Waals surface area contributed by atoms with E-state index in [2.05, 4.69) is 52.8 Å². The number of anilines is 1. The van der Waals surface area contributed by atoms with Crippen LogP contribution < -0.4 is 15.7 Å². The number of aromatic amines is 1. The lowest BCUT2D eigenvalue weighted by Crippen LogP contribution is -2.42. The Labute approximate surface area is 206 Å². The van der Waals surface area contributed by atoms with Gasteiger partial charge in [0.05, 0.1) is 0 Å². The van der Waals surface area contributed by atoms with Crippen LogP contribution in [0.15, 0.2) is 66.4 Å². The van der Waals surface area contributed by atoms with Gasteiger partial charge in [-0.15, -0.1) is 0 Å². The van der Waals surface area contributed by atoms with Crippen molar-refractivity contribution in [1.29, 1.82) is 0 Å². The molecule has 0 bridgehead atoms. The fraction of sp³-hybridized carbons (Fsp3) is 0.357. The van der Waals surface area contributed by atoms with Gasteiger partial charge in [0.1, 0.15) is 0 Å². The Morgan fingerprint density at radius 1 is 1.03 bits per heavy atom.